The summed E-state index contributed by atoms with van der Waals surface area (Å²) >= 11 is 0. The van der Waals surface area contributed by atoms with Crippen LogP contribution in [0.15, 0.2) is 58.2 Å². The average molecular weight is 443 g/mol. The Morgan fingerprint density at radius 3 is 2.66 bits per heavy atom. The van der Waals surface area contributed by atoms with Gasteiger partial charge in [0.15, 0.2) is 0 Å². The third-order valence-electron chi connectivity index (χ3n) is 6.32. The highest BCUT2D eigenvalue weighted by atomic mass is 16.7. The third-order valence-corrected chi connectivity index (χ3v) is 6.32. The van der Waals surface area contributed by atoms with Crippen LogP contribution < -0.4 is 0 Å². The number of allylic oxidation sites excluding steroid dienone is 3. The number of esters is 1. The summed E-state index contributed by atoms with van der Waals surface area (Å²) in [6, 6.07) is 0. The Balaban J connectivity index is 1.87. The van der Waals surface area contributed by atoms with E-state index in [1.807, 2.05) is 25.2 Å². The first-order valence-electron chi connectivity index (χ1n) is 11.6. The number of ether oxygens (including phenoxy) is 3. The Hall–Kier alpha value is -1.95. The largest absolute Gasteiger partial charge is 0.461 e. The number of aliphatic hydroxyl groups excluding tert-OH is 1. The molecule has 1 aliphatic carbocycles. The maximum Gasteiger partial charge on any atom is 0.302 e. The number of carbonyl (C=O) groups excluding carboxylic acids is 1. The van der Waals surface area contributed by atoms with Gasteiger partial charge in [0.2, 0.25) is 5.79 Å². The van der Waals surface area contributed by atoms with Gasteiger partial charge in [-0.2, -0.15) is 0 Å². The van der Waals surface area contributed by atoms with Crippen molar-refractivity contribution in [3.8, 4) is 0 Å². The number of aliphatic hydroxyl groups is 1. The van der Waals surface area contributed by atoms with Crippen molar-refractivity contribution < 1.29 is 24.1 Å². The predicted octanol–water partition coefficient (Wildman–Crippen LogP) is 5.33. The lowest BCUT2D eigenvalue weighted by atomic mass is 9.78. The van der Waals surface area contributed by atoms with Crippen molar-refractivity contribution in [2.75, 3.05) is 6.61 Å². The molecule has 0 fully saturated rings. The number of rotatable bonds is 6. The molecule has 0 aromatic rings. The molecule has 0 bridgehead atoms. The van der Waals surface area contributed by atoms with E-state index < -0.39 is 11.9 Å². The first-order valence-corrected chi connectivity index (χ1v) is 11.6. The van der Waals surface area contributed by atoms with Gasteiger partial charge in [-0.05, 0) is 83.6 Å². The highest BCUT2D eigenvalue weighted by Crippen LogP contribution is 2.43. The normalized spacial score (nSPS) is 32.5. The monoisotopic (exact) mass is 442 g/mol. The predicted molar refractivity (Wildman–Crippen MR) is 126 cm³/mol. The van der Waals surface area contributed by atoms with Gasteiger partial charge in [0, 0.05) is 12.8 Å². The third kappa shape index (κ3) is 6.31. The van der Waals surface area contributed by atoms with E-state index >= 15 is 0 Å². The highest BCUT2D eigenvalue weighted by molar-refractivity contribution is 5.66. The number of hydrogen-bond acceptors (Lipinski definition) is 5. The second kappa shape index (κ2) is 10.3. The Kier molecular flexibility index (Phi) is 7.97. The molecule has 32 heavy (non-hydrogen) atoms. The zero-order valence-electron chi connectivity index (χ0n) is 20.3. The summed E-state index contributed by atoms with van der Waals surface area (Å²) in [7, 11) is 0. The second-order valence-corrected chi connectivity index (χ2v) is 9.76. The van der Waals surface area contributed by atoms with Crippen LogP contribution in [0.1, 0.15) is 67.2 Å². The molecule has 0 aromatic carbocycles. The van der Waals surface area contributed by atoms with E-state index in [0.29, 0.717) is 6.42 Å². The van der Waals surface area contributed by atoms with E-state index in [1.165, 1.54) is 23.6 Å². The molecule has 0 saturated carbocycles. The van der Waals surface area contributed by atoms with E-state index in [-0.39, 0.29) is 30.7 Å². The van der Waals surface area contributed by atoms with Crippen molar-refractivity contribution in [3.63, 3.8) is 0 Å². The van der Waals surface area contributed by atoms with Crippen molar-refractivity contribution in [2.45, 2.75) is 91.3 Å². The molecule has 2 heterocycles. The summed E-state index contributed by atoms with van der Waals surface area (Å²) in [6.07, 6.45) is 13.0. The standard InChI is InChI=1S/C27H38O5/c1-17(2)8-7-9-18(3)10-23-11-19(4)14-27(31-23)15-22(16-30-21(6)28)24-13-25(29)20(5)12-26(24)32-27/h8,10,12,14-15,23-26,29H,7,9,11,13,16H2,1-6H3/t23-,24-,25-,26-,27+/m1/s1. The van der Waals surface area contributed by atoms with Gasteiger partial charge >= 0.3 is 5.97 Å². The zero-order valence-corrected chi connectivity index (χ0v) is 20.3. The molecular formula is C27H38O5. The van der Waals surface area contributed by atoms with Crippen molar-refractivity contribution in [1.82, 2.24) is 0 Å². The molecule has 0 amide bonds. The molecule has 0 aromatic heterocycles. The number of carbonyl (C=O) groups is 1. The average Bonchev–Trinajstić information content (AvgIpc) is 2.66. The number of fused-ring (bicyclic) bond motifs is 1. The maximum absolute atomic E-state index is 11.5. The van der Waals surface area contributed by atoms with Crippen LogP contribution in [0.2, 0.25) is 0 Å². The Morgan fingerprint density at radius 2 is 1.97 bits per heavy atom. The minimum atomic E-state index is -1.00. The molecule has 3 rings (SSSR count). The van der Waals surface area contributed by atoms with Gasteiger partial charge in [-0.25, -0.2) is 0 Å². The lowest BCUT2D eigenvalue weighted by Gasteiger charge is -2.46. The van der Waals surface area contributed by atoms with Crippen molar-refractivity contribution in [1.29, 1.82) is 0 Å². The minimum Gasteiger partial charge on any atom is -0.461 e. The van der Waals surface area contributed by atoms with Gasteiger partial charge in [-0.1, -0.05) is 34.9 Å². The van der Waals surface area contributed by atoms with Crippen LogP contribution in [0.3, 0.4) is 0 Å². The highest BCUT2D eigenvalue weighted by Gasteiger charge is 2.45. The summed E-state index contributed by atoms with van der Waals surface area (Å²) in [5.41, 5.74) is 5.67. The summed E-state index contributed by atoms with van der Waals surface area (Å²) in [5.74, 6) is -1.37. The second-order valence-electron chi connectivity index (χ2n) is 9.76. The van der Waals surface area contributed by atoms with Crippen LogP contribution in [-0.2, 0) is 19.0 Å². The smallest absolute Gasteiger partial charge is 0.302 e. The minimum absolute atomic E-state index is 0.0438. The van der Waals surface area contributed by atoms with Crippen molar-refractivity contribution >= 4 is 5.97 Å². The van der Waals surface area contributed by atoms with Crippen LogP contribution in [-0.4, -0.2) is 41.8 Å². The Labute approximate surface area is 192 Å². The summed E-state index contributed by atoms with van der Waals surface area (Å²) in [5, 5.41) is 10.4. The molecule has 0 unspecified atom stereocenters. The van der Waals surface area contributed by atoms with Crippen LogP contribution in [0.5, 0.6) is 0 Å². The van der Waals surface area contributed by atoms with Gasteiger partial charge in [-0.3, -0.25) is 4.79 Å². The van der Waals surface area contributed by atoms with Crippen LogP contribution in [0, 0.1) is 5.92 Å². The van der Waals surface area contributed by atoms with E-state index in [2.05, 4.69) is 39.8 Å². The van der Waals surface area contributed by atoms with Gasteiger partial charge in [-0.15, -0.1) is 0 Å². The van der Waals surface area contributed by atoms with Gasteiger partial charge in [0.05, 0.1) is 18.3 Å². The van der Waals surface area contributed by atoms with E-state index in [9.17, 15) is 9.90 Å². The topological polar surface area (TPSA) is 65.0 Å². The fraction of sp³-hybridized carbons (Fsp3) is 0.593. The molecule has 0 radical (unpaired) electrons. The fourth-order valence-corrected chi connectivity index (χ4v) is 4.72. The van der Waals surface area contributed by atoms with E-state index in [4.69, 9.17) is 14.2 Å². The molecule has 1 spiro atoms. The lowest BCUT2D eigenvalue weighted by Crippen LogP contribution is -2.49. The van der Waals surface area contributed by atoms with Crippen LogP contribution >= 0.6 is 0 Å². The summed E-state index contributed by atoms with van der Waals surface area (Å²) in [4.78, 5) is 11.5. The van der Waals surface area contributed by atoms with E-state index in [0.717, 1.165) is 30.4 Å². The van der Waals surface area contributed by atoms with Crippen molar-refractivity contribution in [2.24, 2.45) is 5.92 Å². The van der Waals surface area contributed by atoms with Crippen LogP contribution in [0.4, 0.5) is 0 Å². The number of hydrogen-bond donors (Lipinski definition) is 1. The van der Waals surface area contributed by atoms with Crippen molar-refractivity contribution in [3.05, 3.63) is 58.2 Å². The first kappa shape index (κ1) is 24.7. The van der Waals surface area contributed by atoms with Gasteiger partial charge < -0.3 is 19.3 Å². The zero-order chi connectivity index (χ0) is 23.5. The quantitative estimate of drug-likeness (QED) is 0.445. The molecule has 2 aliphatic heterocycles. The Morgan fingerprint density at radius 1 is 1.22 bits per heavy atom. The summed E-state index contributed by atoms with van der Waals surface area (Å²) < 4.78 is 18.4. The van der Waals surface area contributed by atoms with E-state index in [1.54, 1.807) is 0 Å². The molecular weight excluding hydrogens is 404 g/mol. The lowest BCUT2D eigenvalue weighted by molar-refractivity contribution is -0.226. The SMILES string of the molecule is CC(=O)OCC1=C[C@]2(C=C(C)C[C@@H](C=C(C)CCC=C(C)C)O2)O[C@@H]2C=C(C)[C@H](O)C[C@H]12. The molecule has 5 atom stereocenters. The van der Waals surface area contributed by atoms with Gasteiger partial charge in [0.25, 0.3) is 0 Å². The Bertz CT molecular complexity index is 870. The first-order chi connectivity index (χ1) is 15.1. The molecule has 1 N–H and O–H groups in total. The van der Waals surface area contributed by atoms with Crippen LogP contribution in [0.25, 0.3) is 0 Å². The molecule has 0 saturated heterocycles. The summed E-state index contributed by atoms with van der Waals surface area (Å²) in [6.45, 7) is 12.0. The van der Waals surface area contributed by atoms with Gasteiger partial charge in [0.1, 0.15) is 6.61 Å². The molecule has 5 heteroatoms. The maximum atomic E-state index is 11.5. The molecule has 3 aliphatic rings. The fourth-order valence-electron chi connectivity index (χ4n) is 4.72. The molecule has 5 nitrogen and oxygen atoms in total. The molecule has 176 valence electrons.